The fourth-order valence-corrected chi connectivity index (χ4v) is 3.10. The Bertz CT molecular complexity index is 576. The lowest BCUT2D eigenvalue weighted by Gasteiger charge is -2.30. The third kappa shape index (κ3) is 2.74. The second kappa shape index (κ2) is 5.95. The highest BCUT2D eigenvalue weighted by Crippen LogP contribution is 2.41. The van der Waals surface area contributed by atoms with Gasteiger partial charge in [-0.3, -0.25) is 4.90 Å². The number of hydrogen-bond acceptors (Lipinski definition) is 5. The van der Waals surface area contributed by atoms with Crippen molar-refractivity contribution in [1.82, 2.24) is 4.90 Å². The number of benzene rings is 1. The smallest absolute Gasteiger partial charge is 0.123 e. The van der Waals surface area contributed by atoms with Crippen LogP contribution >= 0.6 is 0 Å². The van der Waals surface area contributed by atoms with E-state index < -0.39 is 24.4 Å². The van der Waals surface area contributed by atoms with Gasteiger partial charge in [-0.1, -0.05) is 11.8 Å². The van der Waals surface area contributed by atoms with Crippen LogP contribution in [0.1, 0.15) is 12.0 Å². The minimum Gasteiger partial charge on any atom is -0.389 e. The molecule has 0 radical (unpaired) electrons. The minimum atomic E-state index is -1.33. The third-order valence-corrected chi connectivity index (χ3v) is 4.35. The SMILES string of the molecule is O[C@H]1[C@H](O)[C@@H](O)[C@H]2[C@@H]([C@@H]1O)N2CCC#Cc1ccc(F)cc1. The molecule has 0 amide bonds. The van der Waals surface area contributed by atoms with Crippen LogP contribution in [-0.2, 0) is 0 Å². The first-order valence-electron chi connectivity index (χ1n) is 7.23. The zero-order valence-electron chi connectivity index (χ0n) is 11.8. The van der Waals surface area contributed by atoms with Crippen molar-refractivity contribution in [2.45, 2.75) is 42.9 Å². The second-order valence-corrected chi connectivity index (χ2v) is 5.74. The van der Waals surface area contributed by atoms with Gasteiger partial charge in [-0.15, -0.1) is 0 Å². The van der Waals surface area contributed by atoms with E-state index >= 15 is 0 Å². The van der Waals surface area contributed by atoms with Crippen LogP contribution in [0, 0.1) is 17.7 Å². The first-order valence-corrected chi connectivity index (χ1v) is 7.23. The van der Waals surface area contributed by atoms with Gasteiger partial charge in [0, 0.05) is 18.5 Å². The topological polar surface area (TPSA) is 83.9 Å². The van der Waals surface area contributed by atoms with E-state index in [0.717, 1.165) is 5.56 Å². The Morgan fingerprint density at radius 2 is 1.45 bits per heavy atom. The Morgan fingerprint density at radius 1 is 0.909 bits per heavy atom. The molecule has 118 valence electrons. The first-order chi connectivity index (χ1) is 10.5. The van der Waals surface area contributed by atoms with Crippen molar-refractivity contribution in [3.05, 3.63) is 35.6 Å². The highest BCUT2D eigenvalue weighted by Gasteiger charge is 2.63. The van der Waals surface area contributed by atoms with E-state index in [0.29, 0.717) is 13.0 Å². The average molecular weight is 307 g/mol. The zero-order chi connectivity index (χ0) is 15.9. The maximum atomic E-state index is 12.8. The molecule has 1 aromatic carbocycles. The Hall–Kier alpha value is -1.49. The predicted octanol–water partition coefficient (Wildman–Crippen LogP) is -0.923. The molecule has 4 N–H and O–H groups in total. The average Bonchev–Trinajstić information content (AvgIpc) is 3.23. The number of fused-ring (bicyclic) bond motifs is 1. The molecule has 5 nitrogen and oxygen atoms in total. The number of hydrogen-bond donors (Lipinski definition) is 4. The van der Waals surface area contributed by atoms with E-state index in [1.807, 2.05) is 4.90 Å². The summed E-state index contributed by atoms with van der Waals surface area (Å²) in [7, 11) is 0. The van der Waals surface area contributed by atoms with Crippen molar-refractivity contribution in [1.29, 1.82) is 0 Å². The lowest BCUT2D eigenvalue weighted by Crippen LogP contribution is -2.53. The van der Waals surface area contributed by atoms with Gasteiger partial charge in [-0.2, -0.15) is 0 Å². The lowest BCUT2D eigenvalue weighted by molar-refractivity contribution is -0.121. The second-order valence-electron chi connectivity index (χ2n) is 5.74. The van der Waals surface area contributed by atoms with Crippen molar-refractivity contribution in [3.63, 3.8) is 0 Å². The van der Waals surface area contributed by atoms with Gasteiger partial charge in [0.25, 0.3) is 0 Å². The highest BCUT2D eigenvalue weighted by molar-refractivity contribution is 5.34. The van der Waals surface area contributed by atoms with Crippen molar-refractivity contribution < 1.29 is 24.8 Å². The molecule has 1 heterocycles. The van der Waals surface area contributed by atoms with Gasteiger partial charge in [0.05, 0.1) is 24.3 Å². The van der Waals surface area contributed by atoms with Crippen LogP contribution in [0.15, 0.2) is 24.3 Å². The summed E-state index contributed by atoms with van der Waals surface area (Å²) in [6, 6.07) is 5.22. The first kappa shape index (κ1) is 15.4. The number of rotatable bonds is 2. The van der Waals surface area contributed by atoms with Gasteiger partial charge < -0.3 is 20.4 Å². The van der Waals surface area contributed by atoms with Crippen molar-refractivity contribution in [3.8, 4) is 11.8 Å². The Balaban J connectivity index is 1.55. The Labute approximate surface area is 127 Å². The quantitative estimate of drug-likeness (QED) is 0.419. The summed E-state index contributed by atoms with van der Waals surface area (Å²) in [5.74, 6) is 5.55. The van der Waals surface area contributed by atoms with Crippen molar-refractivity contribution in [2.24, 2.45) is 0 Å². The molecule has 1 aromatic rings. The maximum absolute atomic E-state index is 12.8. The van der Waals surface area contributed by atoms with Gasteiger partial charge in [0.15, 0.2) is 0 Å². The standard InChI is InChI=1S/C16H18FNO4/c17-10-6-4-9(5-7-10)3-1-2-8-18-11-12(18)14(20)16(22)15(21)13(11)19/h4-7,11-16,19-22H,2,8H2/t11-,12+,13-,14-,15+,16+,18?/m0/s1. The lowest BCUT2D eigenvalue weighted by atomic mass is 9.90. The molecule has 1 aliphatic heterocycles. The van der Waals surface area contributed by atoms with Gasteiger partial charge in [0.1, 0.15) is 18.0 Å². The number of nitrogens with zero attached hydrogens (tertiary/aromatic N) is 1. The van der Waals surface area contributed by atoms with Gasteiger partial charge >= 0.3 is 0 Å². The molecule has 1 unspecified atom stereocenters. The molecule has 3 rings (SSSR count). The van der Waals surface area contributed by atoms with E-state index in [1.165, 1.54) is 12.1 Å². The normalized spacial score (nSPS) is 39.6. The minimum absolute atomic E-state index is 0.307. The van der Waals surface area contributed by atoms with Gasteiger partial charge in [-0.25, -0.2) is 4.39 Å². The molecule has 7 atom stereocenters. The fourth-order valence-electron chi connectivity index (χ4n) is 3.10. The maximum Gasteiger partial charge on any atom is 0.123 e. The summed E-state index contributed by atoms with van der Waals surface area (Å²) >= 11 is 0. The van der Waals surface area contributed by atoms with Crippen LogP contribution in [0.2, 0.25) is 0 Å². The molecular weight excluding hydrogens is 289 g/mol. The Kier molecular flexibility index (Phi) is 4.17. The summed E-state index contributed by atoms with van der Waals surface area (Å²) in [6.45, 7) is 0.525. The molecule has 1 saturated heterocycles. The fraction of sp³-hybridized carbons (Fsp3) is 0.500. The Morgan fingerprint density at radius 3 is 2.00 bits per heavy atom. The molecule has 2 fully saturated rings. The van der Waals surface area contributed by atoms with Crippen LogP contribution < -0.4 is 0 Å². The number of aliphatic hydroxyl groups is 4. The van der Waals surface area contributed by atoms with E-state index in [1.54, 1.807) is 12.1 Å². The summed E-state index contributed by atoms with van der Waals surface area (Å²) in [5, 5.41) is 39.0. The van der Waals surface area contributed by atoms with Crippen molar-refractivity contribution >= 4 is 0 Å². The van der Waals surface area contributed by atoms with Crippen molar-refractivity contribution in [2.75, 3.05) is 6.54 Å². The molecule has 1 aliphatic carbocycles. The van der Waals surface area contributed by atoms with Crippen LogP contribution in [0.3, 0.4) is 0 Å². The van der Waals surface area contributed by atoms with E-state index in [4.69, 9.17) is 0 Å². The highest BCUT2D eigenvalue weighted by atomic mass is 19.1. The predicted molar refractivity (Wildman–Crippen MR) is 76.2 cm³/mol. The molecule has 0 spiro atoms. The number of likely N-dealkylation sites (tertiary alicyclic amines) is 1. The summed E-state index contributed by atoms with van der Waals surface area (Å²) in [6.07, 6.45) is -4.27. The van der Waals surface area contributed by atoms with Crippen LogP contribution in [-0.4, -0.2) is 68.4 Å². The number of halogens is 1. The van der Waals surface area contributed by atoms with E-state index in [2.05, 4.69) is 11.8 Å². The molecular formula is C16H18FNO4. The van der Waals surface area contributed by atoms with Crippen LogP contribution in [0.4, 0.5) is 4.39 Å². The molecule has 1 saturated carbocycles. The van der Waals surface area contributed by atoms with E-state index in [9.17, 15) is 24.8 Å². The molecule has 0 aromatic heterocycles. The number of aliphatic hydroxyl groups excluding tert-OH is 4. The largest absolute Gasteiger partial charge is 0.389 e. The molecule has 2 aliphatic rings. The van der Waals surface area contributed by atoms with Gasteiger partial charge in [-0.05, 0) is 24.3 Å². The summed E-state index contributed by atoms with van der Waals surface area (Å²) in [4.78, 5) is 1.83. The van der Waals surface area contributed by atoms with E-state index in [-0.39, 0.29) is 17.9 Å². The van der Waals surface area contributed by atoms with Crippen LogP contribution in [0.5, 0.6) is 0 Å². The molecule has 0 bridgehead atoms. The van der Waals surface area contributed by atoms with Gasteiger partial charge in [0.2, 0.25) is 0 Å². The third-order valence-electron chi connectivity index (χ3n) is 4.35. The summed E-state index contributed by atoms with van der Waals surface area (Å²) in [5.41, 5.74) is 0.718. The summed E-state index contributed by atoms with van der Waals surface area (Å²) < 4.78 is 12.8. The monoisotopic (exact) mass is 307 g/mol. The molecule has 6 heteroatoms. The molecule has 22 heavy (non-hydrogen) atoms. The zero-order valence-corrected chi connectivity index (χ0v) is 11.8. The van der Waals surface area contributed by atoms with Crippen LogP contribution in [0.25, 0.3) is 0 Å².